The lowest BCUT2D eigenvalue weighted by Crippen LogP contribution is -2.37. The summed E-state index contributed by atoms with van der Waals surface area (Å²) >= 11 is 17.4. The molecule has 0 saturated carbocycles. The van der Waals surface area contributed by atoms with Crippen molar-refractivity contribution in [1.29, 1.82) is 0 Å². The summed E-state index contributed by atoms with van der Waals surface area (Å²) in [7, 11) is 0. The molecule has 0 spiro atoms. The molecule has 4 N–H and O–H groups in total. The Morgan fingerprint density at radius 1 is 0.750 bits per heavy atom. The van der Waals surface area contributed by atoms with Crippen molar-refractivity contribution in [3.63, 3.8) is 0 Å². The second-order valence-electron chi connectivity index (χ2n) is 8.90. The van der Waals surface area contributed by atoms with Crippen LogP contribution in [-0.2, 0) is 22.7 Å². The van der Waals surface area contributed by atoms with Gasteiger partial charge >= 0.3 is 0 Å². The van der Waals surface area contributed by atoms with Crippen LogP contribution in [0, 0.1) is 17.7 Å². The number of nitrogens with two attached hydrogens (primary N) is 2. The first-order chi connectivity index (χ1) is 16.9. The lowest BCUT2D eigenvalue weighted by atomic mass is 10.1. The van der Waals surface area contributed by atoms with Crippen molar-refractivity contribution in [2.75, 3.05) is 26.2 Å². The molecule has 2 amide bonds. The summed E-state index contributed by atoms with van der Waals surface area (Å²) in [4.78, 5) is 27.3. The van der Waals surface area contributed by atoms with Crippen LogP contribution in [0.4, 0.5) is 4.39 Å². The van der Waals surface area contributed by atoms with E-state index in [0.29, 0.717) is 54.9 Å². The van der Waals surface area contributed by atoms with E-state index in [1.165, 1.54) is 12.1 Å². The maximum absolute atomic E-state index is 13.3. The van der Waals surface area contributed by atoms with Crippen molar-refractivity contribution < 1.29 is 14.0 Å². The highest BCUT2D eigenvalue weighted by atomic mass is 35.5. The van der Waals surface area contributed by atoms with Crippen LogP contribution in [0.2, 0.25) is 15.1 Å². The Kier molecular flexibility index (Phi) is 14.3. The number of amides is 2. The molecule has 200 valence electrons. The van der Waals surface area contributed by atoms with Crippen LogP contribution < -0.4 is 11.5 Å². The van der Waals surface area contributed by atoms with E-state index in [9.17, 15) is 14.0 Å². The first-order valence-corrected chi connectivity index (χ1v) is 12.9. The molecule has 10 heteroatoms. The number of rotatable bonds is 10. The predicted octanol–water partition coefficient (Wildman–Crippen LogP) is 5.36. The molecule has 0 aromatic heterocycles. The molecule has 0 saturated heterocycles. The fourth-order valence-corrected chi connectivity index (χ4v) is 3.73. The number of hydrogen-bond donors (Lipinski definition) is 2. The monoisotopic (exact) mass is 560 g/mol. The van der Waals surface area contributed by atoms with Crippen LogP contribution in [0.3, 0.4) is 0 Å². The predicted molar refractivity (Wildman–Crippen MR) is 146 cm³/mol. The van der Waals surface area contributed by atoms with Gasteiger partial charge in [0.2, 0.25) is 11.8 Å². The third-order valence-electron chi connectivity index (χ3n) is 5.12. The first-order valence-electron chi connectivity index (χ1n) is 11.8. The molecule has 6 nitrogen and oxygen atoms in total. The van der Waals surface area contributed by atoms with Crippen molar-refractivity contribution in [1.82, 2.24) is 9.80 Å². The molecular formula is C26H36Cl3FN4O2. The Labute approximate surface area is 228 Å². The van der Waals surface area contributed by atoms with Crippen molar-refractivity contribution in [3.8, 4) is 0 Å². The average Bonchev–Trinajstić information content (AvgIpc) is 2.82. The first kappa shape index (κ1) is 32.1. The highest BCUT2D eigenvalue weighted by Gasteiger charge is 2.18. The van der Waals surface area contributed by atoms with Crippen LogP contribution in [0.1, 0.15) is 38.8 Å². The van der Waals surface area contributed by atoms with Crippen molar-refractivity contribution in [3.05, 3.63) is 68.4 Å². The van der Waals surface area contributed by atoms with Gasteiger partial charge in [-0.2, -0.15) is 0 Å². The molecule has 0 atom stereocenters. The molecule has 0 heterocycles. The van der Waals surface area contributed by atoms with E-state index in [1.807, 2.05) is 33.8 Å². The summed E-state index contributed by atoms with van der Waals surface area (Å²) in [5, 5.41) is 1.10. The SMILES string of the molecule is CC(C)C(=O)N(CCN)Cc1ccc(Cl)c(Cl)c1.CC(C)C(=O)N(CCN)Cc1ccc(Cl)c(F)c1. The molecule has 0 unspecified atom stereocenters. The van der Waals surface area contributed by atoms with Gasteiger partial charge in [-0.15, -0.1) is 0 Å². The summed E-state index contributed by atoms with van der Waals surface area (Å²) < 4.78 is 13.3. The highest BCUT2D eigenvalue weighted by Crippen LogP contribution is 2.23. The summed E-state index contributed by atoms with van der Waals surface area (Å²) in [5.74, 6) is -0.519. The number of carbonyl (C=O) groups is 2. The highest BCUT2D eigenvalue weighted by molar-refractivity contribution is 6.42. The molecule has 2 rings (SSSR count). The van der Waals surface area contributed by atoms with Crippen molar-refractivity contribution >= 4 is 46.6 Å². The van der Waals surface area contributed by atoms with E-state index in [2.05, 4.69) is 0 Å². The lowest BCUT2D eigenvalue weighted by molar-refractivity contribution is -0.135. The van der Waals surface area contributed by atoms with Gasteiger partial charge in [0.1, 0.15) is 5.82 Å². The topological polar surface area (TPSA) is 92.7 Å². The van der Waals surface area contributed by atoms with Crippen LogP contribution in [0.15, 0.2) is 36.4 Å². The maximum Gasteiger partial charge on any atom is 0.225 e. The summed E-state index contributed by atoms with van der Waals surface area (Å²) in [6, 6.07) is 9.93. The number of hydrogen-bond acceptors (Lipinski definition) is 4. The summed E-state index contributed by atoms with van der Waals surface area (Å²) in [6.07, 6.45) is 0. The number of nitrogens with zero attached hydrogens (tertiary/aromatic N) is 2. The number of benzene rings is 2. The molecule has 0 bridgehead atoms. The molecule has 36 heavy (non-hydrogen) atoms. The quantitative estimate of drug-likeness (QED) is 0.408. The van der Waals surface area contributed by atoms with Crippen molar-refractivity contribution in [2.24, 2.45) is 23.3 Å². The third-order valence-corrected chi connectivity index (χ3v) is 6.17. The van der Waals surface area contributed by atoms with E-state index in [0.717, 1.165) is 5.56 Å². The Balaban J connectivity index is 0.000000360. The molecule has 2 aromatic carbocycles. The number of carbonyl (C=O) groups excluding carboxylic acids is 2. The van der Waals surface area contributed by atoms with Crippen LogP contribution >= 0.6 is 34.8 Å². The lowest BCUT2D eigenvalue weighted by Gasteiger charge is -2.24. The second kappa shape index (κ2) is 16.0. The van der Waals surface area contributed by atoms with Gasteiger partial charge < -0.3 is 21.3 Å². The minimum absolute atomic E-state index is 0.0100. The van der Waals surface area contributed by atoms with Gasteiger partial charge in [-0.3, -0.25) is 9.59 Å². The van der Waals surface area contributed by atoms with Crippen LogP contribution in [-0.4, -0.2) is 47.8 Å². The average molecular weight is 562 g/mol. The molecule has 0 aliphatic carbocycles. The Morgan fingerprint density at radius 3 is 1.53 bits per heavy atom. The van der Waals surface area contributed by atoms with Gasteiger partial charge in [-0.05, 0) is 35.4 Å². The smallest absolute Gasteiger partial charge is 0.225 e. The molecule has 0 aliphatic heterocycles. The minimum Gasteiger partial charge on any atom is -0.337 e. The van der Waals surface area contributed by atoms with E-state index in [1.54, 1.807) is 28.0 Å². The van der Waals surface area contributed by atoms with Gasteiger partial charge in [0.15, 0.2) is 0 Å². The zero-order valence-electron chi connectivity index (χ0n) is 21.2. The normalized spacial score (nSPS) is 10.8. The van der Waals surface area contributed by atoms with Crippen LogP contribution in [0.25, 0.3) is 0 Å². The largest absolute Gasteiger partial charge is 0.337 e. The molecule has 0 fully saturated rings. The molecular weight excluding hydrogens is 526 g/mol. The second-order valence-corrected chi connectivity index (χ2v) is 10.1. The fourth-order valence-electron chi connectivity index (χ4n) is 3.29. The molecule has 0 aliphatic rings. The van der Waals surface area contributed by atoms with E-state index in [4.69, 9.17) is 46.3 Å². The van der Waals surface area contributed by atoms with Gasteiger partial charge in [-0.25, -0.2) is 4.39 Å². The fraction of sp³-hybridized carbons (Fsp3) is 0.462. The Hall–Kier alpha value is -1.90. The molecule has 2 aromatic rings. The molecule has 0 radical (unpaired) electrons. The van der Waals surface area contributed by atoms with E-state index in [-0.39, 0.29) is 28.7 Å². The summed E-state index contributed by atoms with van der Waals surface area (Å²) in [6.45, 7) is 10.1. The standard InChI is InChI=1S/C13H18Cl2N2O.C13H18ClFN2O/c2*1-9(2)13(18)17(6-5-16)8-10-3-4-11(14)12(15)7-10/h2*3-4,7,9H,5-6,8,16H2,1-2H3. The van der Waals surface area contributed by atoms with Gasteiger partial charge in [0.25, 0.3) is 0 Å². The van der Waals surface area contributed by atoms with Crippen LogP contribution in [0.5, 0.6) is 0 Å². The minimum atomic E-state index is -0.473. The zero-order chi connectivity index (χ0) is 27.4. The van der Waals surface area contributed by atoms with Gasteiger partial charge in [0.05, 0.1) is 15.1 Å². The van der Waals surface area contributed by atoms with Crippen molar-refractivity contribution in [2.45, 2.75) is 40.8 Å². The Morgan fingerprint density at radius 2 is 1.17 bits per heavy atom. The maximum atomic E-state index is 13.3. The van der Waals surface area contributed by atoms with E-state index >= 15 is 0 Å². The third kappa shape index (κ3) is 10.6. The Bertz CT molecular complexity index is 926. The number of halogens is 4. The van der Waals surface area contributed by atoms with Gasteiger partial charge in [0, 0.05) is 51.1 Å². The van der Waals surface area contributed by atoms with Gasteiger partial charge in [-0.1, -0.05) is 74.6 Å². The van der Waals surface area contributed by atoms with E-state index < -0.39 is 5.82 Å². The summed E-state index contributed by atoms with van der Waals surface area (Å²) in [5.41, 5.74) is 12.7. The zero-order valence-corrected chi connectivity index (χ0v) is 23.5.